The maximum atomic E-state index is 12.4. The Kier molecular flexibility index (Phi) is 5.27. The van der Waals surface area contributed by atoms with Crippen molar-refractivity contribution in [3.05, 3.63) is 47.9 Å². The van der Waals surface area contributed by atoms with E-state index in [4.69, 9.17) is 4.42 Å². The topological polar surface area (TPSA) is 54.3 Å². The number of hydrogen-bond acceptors (Lipinski definition) is 3. The fourth-order valence-corrected chi connectivity index (χ4v) is 3.58. The van der Waals surface area contributed by atoms with Crippen LogP contribution in [0.2, 0.25) is 0 Å². The van der Waals surface area contributed by atoms with Crippen LogP contribution in [-0.4, -0.2) is 18.0 Å². The molecule has 1 atom stereocenters. The Morgan fingerprint density at radius 3 is 2.88 bits per heavy atom. The third-order valence-corrected chi connectivity index (χ3v) is 5.02. The number of urea groups is 1. The summed E-state index contributed by atoms with van der Waals surface area (Å²) < 4.78 is 42.7. The third kappa shape index (κ3) is 4.72. The normalized spacial score (nSPS) is 17.0. The highest BCUT2D eigenvalue weighted by Gasteiger charge is 2.28. The standard InChI is InChI=1S/C17H17F3N2O2S/c18-17(19,20)10-25-15-7-2-1-4-13(15)22-16(23)21-12-5-3-6-14-11(12)8-9-24-14/h1-2,4,7-9,12H,3,5-6,10H2,(H2,21,22,23). The van der Waals surface area contributed by atoms with E-state index in [1.807, 2.05) is 6.07 Å². The first-order valence-corrected chi connectivity index (χ1v) is 8.83. The van der Waals surface area contributed by atoms with Crippen molar-refractivity contribution in [3.63, 3.8) is 0 Å². The van der Waals surface area contributed by atoms with Gasteiger partial charge in [-0.2, -0.15) is 13.2 Å². The number of para-hydroxylation sites is 1. The van der Waals surface area contributed by atoms with Gasteiger partial charge in [0.2, 0.25) is 0 Å². The molecular formula is C17H17F3N2O2S. The summed E-state index contributed by atoms with van der Waals surface area (Å²) in [5.41, 5.74) is 1.32. The Morgan fingerprint density at radius 2 is 2.08 bits per heavy atom. The minimum absolute atomic E-state index is 0.155. The molecule has 4 nitrogen and oxygen atoms in total. The van der Waals surface area contributed by atoms with Gasteiger partial charge < -0.3 is 15.1 Å². The van der Waals surface area contributed by atoms with Crippen molar-refractivity contribution in [1.29, 1.82) is 0 Å². The van der Waals surface area contributed by atoms with Crippen LogP contribution in [0.25, 0.3) is 0 Å². The largest absolute Gasteiger partial charge is 0.469 e. The van der Waals surface area contributed by atoms with Gasteiger partial charge in [0.15, 0.2) is 0 Å². The Labute approximate surface area is 147 Å². The van der Waals surface area contributed by atoms with E-state index in [2.05, 4.69) is 10.6 Å². The SMILES string of the molecule is O=C(Nc1ccccc1SCC(F)(F)F)NC1CCCc2occc21. The predicted molar refractivity (Wildman–Crippen MR) is 89.8 cm³/mol. The summed E-state index contributed by atoms with van der Waals surface area (Å²) >= 11 is 0.649. The number of anilines is 1. The minimum Gasteiger partial charge on any atom is -0.469 e. The molecule has 0 saturated carbocycles. The third-order valence-electron chi connectivity index (χ3n) is 3.88. The number of amides is 2. The number of hydrogen-bond donors (Lipinski definition) is 2. The molecule has 1 aromatic heterocycles. The maximum Gasteiger partial charge on any atom is 0.398 e. The number of nitrogens with one attached hydrogen (secondary N) is 2. The summed E-state index contributed by atoms with van der Waals surface area (Å²) in [6, 6.07) is 7.69. The zero-order valence-corrected chi connectivity index (χ0v) is 14.0. The molecule has 2 N–H and O–H groups in total. The molecule has 1 aromatic carbocycles. The number of fused-ring (bicyclic) bond motifs is 1. The maximum absolute atomic E-state index is 12.4. The van der Waals surface area contributed by atoms with Gasteiger partial charge in [0.1, 0.15) is 5.76 Å². The fourth-order valence-electron chi connectivity index (χ4n) is 2.81. The van der Waals surface area contributed by atoms with Crippen LogP contribution >= 0.6 is 11.8 Å². The number of furan rings is 1. The quantitative estimate of drug-likeness (QED) is 0.734. The van der Waals surface area contributed by atoms with Gasteiger partial charge >= 0.3 is 12.2 Å². The number of carbonyl (C=O) groups excluding carboxylic acids is 1. The van der Waals surface area contributed by atoms with E-state index < -0.39 is 18.0 Å². The number of halogens is 3. The zero-order chi connectivity index (χ0) is 17.9. The fraction of sp³-hybridized carbons (Fsp3) is 0.353. The first kappa shape index (κ1) is 17.7. The Hall–Kier alpha value is -2.09. The van der Waals surface area contributed by atoms with Crippen LogP contribution < -0.4 is 10.6 Å². The number of aryl methyl sites for hydroxylation is 1. The van der Waals surface area contributed by atoms with E-state index in [1.54, 1.807) is 30.5 Å². The van der Waals surface area contributed by atoms with Crippen LogP contribution in [0.15, 0.2) is 45.9 Å². The summed E-state index contributed by atoms with van der Waals surface area (Å²) in [7, 11) is 0. The molecule has 0 spiro atoms. The second-order valence-corrected chi connectivity index (χ2v) is 6.76. The smallest absolute Gasteiger partial charge is 0.398 e. The molecule has 25 heavy (non-hydrogen) atoms. The molecule has 0 bridgehead atoms. The van der Waals surface area contributed by atoms with E-state index in [-0.39, 0.29) is 6.04 Å². The zero-order valence-electron chi connectivity index (χ0n) is 13.2. The lowest BCUT2D eigenvalue weighted by molar-refractivity contribution is -0.105. The molecule has 0 fully saturated rings. The molecule has 1 aliphatic carbocycles. The molecule has 1 unspecified atom stereocenters. The average molecular weight is 370 g/mol. The Balaban J connectivity index is 1.64. The van der Waals surface area contributed by atoms with E-state index in [0.717, 1.165) is 30.6 Å². The minimum atomic E-state index is -4.26. The molecule has 0 saturated heterocycles. The molecule has 2 aromatic rings. The molecule has 0 aliphatic heterocycles. The van der Waals surface area contributed by atoms with Gasteiger partial charge in [-0.3, -0.25) is 0 Å². The molecule has 0 radical (unpaired) electrons. The Bertz CT molecular complexity index is 745. The summed E-state index contributed by atoms with van der Waals surface area (Å²) in [4.78, 5) is 12.7. The van der Waals surface area contributed by atoms with Gasteiger partial charge in [-0.1, -0.05) is 12.1 Å². The summed E-state index contributed by atoms with van der Waals surface area (Å²) in [6.45, 7) is 0. The highest BCUT2D eigenvalue weighted by atomic mass is 32.2. The van der Waals surface area contributed by atoms with E-state index in [9.17, 15) is 18.0 Å². The number of benzene rings is 1. The lowest BCUT2D eigenvalue weighted by atomic mass is 9.93. The van der Waals surface area contributed by atoms with Gasteiger partial charge in [0, 0.05) is 16.9 Å². The summed E-state index contributed by atoms with van der Waals surface area (Å²) in [5, 5.41) is 5.52. The van der Waals surface area contributed by atoms with Gasteiger partial charge in [-0.25, -0.2) is 4.79 Å². The highest BCUT2D eigenvalue weighted by molar-refractivity contribution is 7.99. The lowest BCUT2D eigenvalue weighted by Gasteiger charge is -2.23. The molecule has 134 valence electrons. The molecule has 2 amide bonds. The van der Waals surface area contributed by atoms with Crippen molar-refractivity contribution in [1.82, 2.24) is 5.32 Å². The molecule has 8 heteroatoms. The average Bonchev–Trinajstić information content (AvgIpc) is 3.03. The van der Waals surface area contributed by atoms with Crippen LogP contribution in [0.4, 0.5) is 23.7 Å². The van der Waals surface area contributed by atoms with Crippen molar-refractivity contribution >= 4 is 23.5 Å². The van der Waals surface area contributed by atoms with Crippen molar-refractivity contribution < 1.29 is 22.4 Å². The van der Waals surface area contributed by atoms with Crippen LogP contribution in [-0.2, 0) is 6.42 Å². The highest BCUT2D eigenvalue weighted by Crippen LogP contribution is 2.33. The Morgan fingerprint density at radius 1 is 1.28 bits per heavy atom. The monoisotopic (exact) mass is 370 g/mol. The van der Waals surface area contributed by atoms with Crippen molar-refractivity contribution in [3.8, 4) is 0 Å². The lowest BCUT2D eigenvalue weighted by Crippen LogP contribution is -2.34. The first-order chi connectivity index (χ1) is 11.9. The van der Waals surface area contributed by atoms with Gasteiger partial charge in [0.05, 0.1) is 23.7 Å². The van der Waals surface area contributed by atoms with Gasteiger partial charge in [-0.05, 0) is 31.0 Å². The predicted octanol–water partition coefficient (Wildman–Crippen LogP) is 5.13. The van der Waals surface area contributed by atoms with E-state index in [0.29, 0.717) is 22.3 Å². The molecule has 1 aliphatic rings. The van der Waals surface area contributed by atoms with E-state index >= 15 is 0 Å². The van der Waals surface area contributed by atoms with Crippen molar-refractivity contribution in [2.24, 2.45) is 0 Å². The number of alkyl halides is 3. The van der Waals surface area contributed by atoms with Crippen molar-refractivity contribution in [2.75, 3.05) is 11.1 Å². The second kappa shape index (κ2) is 7.43. The summed E-state index contributed by atoms with van der Waals surface area (Å²) in [5.74, 6) is -0.133. The molecule has 1 heterocycles. The van der Waals surface area contributed by atoms with Crippen LogP contribution in [0.3, 0.4) is 0 Å². The van der Waals surface area contributed by atoms with Crippen LogP contribution in [0, 0.1) is 0 Å². The van der Waals surface area contributed by atoms with Crippen molar-refractivity contribution in [2.45, 2.75) is 36.4 Å². The van der Waals surface area contributed by atoms with Gasteiger partial charge in [0.25, 0.3) is 0 Å². The second-order valence-electron chi connectivity index (χ2n) is 5.74. The number of thioether (sulfide) groups is 1. The number of carbonyl (C=O) groups is 1. The van der Waals surface area contributed by atoms with E-state index in [1.165, 1.54) is 0 Å². The number of rotatable bonds is 4. The first-order valence-electron chi connectivity index (χ1n) is 7.85. The molecular weight excluding hydrogens is 353 g/mol. The molecule has 3 rings (SSSR count). The summed E-state index contributed by atoms with van der Waals surface area (Å²) in [6.07, 6.45) is -0.113. The van der Waals surface area contributed by atoms with Crippen LogP contribution in [0.5, 0.6) is 0 Å². The van der Waals surface area contributed by atoms with Gasteiger partial charge in [-0.15, -0.1) is 11.8 Å². The van der Waals surface area contributed by atoms with Crippen LogP contribution in [0.1, 0.15) is 30.2 Å².